The van der Waals surface area contributed by atoms with Gasteiger partial charge in [-0.05, 0) is 106 Å². The highest BCUT2D eigenvalue weighted by Crippen LogP contribution is 2.88. The molecular weight excluding hydrogens is 709 g/mol. The molecule has 12 nitrogen and oxygen atoms in total. The third kappa shape index (κ3) is 7.31. The number of nitrogens with one attached hydrogen (secondary N) is 4. The van der Waals surface area contributed by atoms with E-state index in [1.165, 1.54) is 6.42 Å². The molecule has 12 heteroatoms. The second-order valence-corrected chi connectivity index (χ2v) is 20.5. The van der Waals surface area contributed by atoms with E-state index in [1.807, 2.05) is 27.7 Å². The Hall–Kier alpha value is -3.02. The number of hydrogen-bond acceptors (Lipinski definition) is 7. The fraction of sp³-hybridized carbons (Fsp3) is 0.864. The van der Waals surface area contributed by atoms with Crippen LogP contribution in [0.25, 0.3) is 0 Å². The third-order valence-electron chi connectivity index (χ3n) is 16.0. The number of ketones is 1. The molecular formula is C44H70N6O6. The zero-order valence-corrected chi connectivity index (χ0v) is 35.1. The van der Waals surface area contributed by atoms with Gasteiger partial charge in [0.2, 0.25) is 29.4 Å². The van der Waals surface area contributed by atoms with E-state index in [2.05, 4.69) is 40.0 Å². The predicted molar refractivity (Wildman–Crippen MR) is 213 cm³/mol. The van der Waals surface area contributed by atoms with Gasteiger partial charge in [0, 0.05) is 24.0 Å². The van der Waals surface area contributed by atoms with Crippen LogP contribution < -0.4 is 21.3 Å². The molecule has 2 spiro atoms. The Morgan fingerprint density at radius 3 is 1.98 bits per heavy atom. The Balaban J connectivity index is 1.13. The standard InChI is InChI=1S/C44H70N6O6/c1-7-14-30(34(51)39(55)45-28-20-21-28)46-37(53)32-25-44(42(5,6)43(44)22-13-23-43)26-50(32)40(56)35(41(2,3)4)48-38(54)33(27-15-9-8-10-16-27)47-36(52)31-19-12-24-49(31)29-17-11-18-29/h27-33,35H,7-26H2,1-6H3,(H,45,55)(H,46,53)(H,47,52)(H,48,54)/t30-,31-,32?,33-,35+,44+/m0/s1. The van der Waals surface area contributed by atoms with E-state index in [0.29, 0.717) is 31.8 Å². The van der Waals surface area contributed by atoms with Gasteiger partial charge in [-0.3, -0.25) is 33.7 Å². The molecule has 2 heterocycles. The number of carbonyl (C=O) groups is 6. The normalized spacial score (nSPS) is 30.1. The maximum atomic E-state index is 15.2. The average Bonchev–Trinajstić information content (AvgIpc) is 3.80. The number of hydrogen-bond donors (Lipinski definition) is 4. The molecule has 5 amide bonds. The quantitative estimate of drug-likeness (QED) is 0.189. The Labute approximate surface area is 334 Å². The van der Waals surface area contributed by atoms with Crippen LogP contribution in [0.15, 0.2) is 0 Å². The predicted octanol–water partition coefficient (Wildman–Crippen LogP) is 4.53. The maximum Gasteiger partial charge on any atom is 0.289 e. The first-order valence-electron chi connectivity index (χ1n) is 22.4. The fourth-order valence-electron chi connectivity index (χ4n) is 11.9. The van der Waals surface area contributed by atoms with Crippen molar-refractivity contribution in [1.82, 2.24) is 31.1 Å². The van der Waals surface area contributed by atoms with Crippen LogP contribution in [0.4, 0.5) is 0 Å². The van der Waals surface area contributed by atoms with E-state index >= 15 is 4.79 Å². The molecule has 1 unspecified atom stereocenters. The van der Waals surface area contributed by atoms with Crippen molar-refractivity contribution in [2.75, 3.05) is 13.1 Å². The summed E-state index contributed by atoms with van der Waals surface area (Å²) in [6.45, 7) is 13.5. The lowest BCUT2D eigenvalue weighted by molar-refractivity contribution is -0.145. The Morgan fingerprint density at radius 1 is 0.750 bits per heavy atom. The maximum absolute atomic E-state index is 15.2. The van der Waals surface area contributed by atoms with Crippen molar-refractivity contribution in [2.24, 2.45) is 27.6 Å². The molecule has 7 rings (SSSR count). The topological polar surface area (TPSA) is 157 Å². The average molecular weight is 779 g/mol. The van der Waals surface area contributed by atoms with Crippen molar-refractivity contribution < 1.29 is 28.8 Å². The number of carbonyl (C=O) groups excluding carboxylic acids is 6. The largest absolute Gasteiger partial charge is 0.347 e. The monoisotopic (exact) mass is 779 g/mol. The number of likely N-dealkylation sites (tertiary alicyclic amines) is 2. The fourth-order valence-corrected chi connectivity index (χ4v) is 11.9. The lowest BCUT2D eigenvalue weighted by atomic mass is 9.73. The van der Waals surface area contributed by atoms with E-state index in [-0.39, 0.29) is 52.0 Å². The van der Waals surface area contributed by atoms with Crippen LogP contribution in [0.2, 0.25) is 0 Å². The second-order valence-electron chi connectivity index (χ2n) is 20.5. The van der Waals surface area contributed by atoms with Crippen molar-refractivity contribution in [3.8, 4) is 0 Å². The third-order valence-corrected chi connectivity index (χ3v) is 16.0. The summed E-state index contributed by atoms with van der Waals surface area (Å²) in [5.41, 5.74) is -1.02. The van der Waals surface area contributed by atoms with Crippen molar-refractivity contribution in [2.45, 2.75) is 199 Å². The van der Waals surface area contributed by atoms with Crippen LogP contribution in [0, 0.1) is 27.6 Å². The molecule has 0 radical (unpaired) electrons. The number of Topliss-reactive ketones (excluding diaryl/α,β-unsaturated/α-hetero) is 1. The van der Waals surface area contributed by atoms with Crippen LogP contribution in [0.3, 0.4) is 0 Å². The molecule has 2 saturated heterocycles. The first-order valence-corrected chi connectivity index (χ1v) is 22.4. The zero-order valence-electron chi connectivity index (χ0n) is 35.1. The van der Waals surface area contributed by atoms with Gasteiger partial charge in [0.05, 0.1) is 12.1 Å². The SMILES string of the molecule is CCC[C@H](NC(=O)C1C[C@@]2(CN1C(=O)[C@@H](NC(=O)[C@@H](NC(=O)[C@@H]1CCCN1C1CCC1)C1CCCCC1)C(C)(C)C)C(C)(C)C21CCC1)C(=O)C(=O)NC1CC1. The molecule has 0 aromatic heterocycles. The lowest BCUT2D eigenvalue weighted by Crippen LogP contribution is -2.63. The van der Waals surface area contributed by atoms with Crippen LogP contribution in [-0.4, -0.2) is 101 Å². The Bertz CT molecular complexity index is 1550. The van der Waals surface area contributed by atoms with Crippen LogP contribution in [0.5, 0.6) is 0 Å². The van der Waals surface area contributed by atoms with Crippen molar-refractivity contribution >= 4 is 35.3 Å². The molecule has 0 aromatic carbocycles. The van der Waals surface area contributed by atoms with Crippen molar-refractivity contribution in [3.05, 3.63) is 0 Å². The molecule has 5 saturated carbocycles. The Morgan fingerprint density at radius 2 is 1.43 bits per heavy atom. The molecule has 312 valence electrons. The van der Waals surface area contributed by atoms with Gasteiger partial charge in [0.25, 0.3) is 5.91 Å². The number of fused-ring (bicyclic) bond motifs is 1. The van der Waals surface area contributed by atoms with Gasteiger partial charge in [-0.1, -0.05) is 80.1 Å². The van der Waals surface area contributed by atoms with Crippen LogP contribution in [-0.2, 0) is 28.8 Å². The van der Waals surface area contributed by atoms with Gasteiger partial charge in [0.1, 0.15) is 18.1 Å². The molecule has 2 aliphatic heterocycles. The Kier molecular flexibility index (Phi) is 11.5. The summed E-state index contributed by atoms with van der Waals surface area (Å²) in [5.74, 6) is -2.49. The minimum atomic E-state index is -0.984. The summed E-state index contributed by atoms with van der Waals surface area (Å²) in [6, 6.07) is -3.32. The minimum Gasteiger partial charge on any atom is -0.347 e. The first-order chi connectivity index (χ1) is 26.5. The number of rotatable bonds is 14. The summed E-state index contributed by atoms with van der Waals surface area (Å²) in [7, 11) is 0. The summed E-state index contributed by atoms with van der Waals surface area (Å²) >= 11 is 0. The van der Waals surface area contributed by atoms with Crippen molar-refractivity contribution in [3.63, 3.8) is 0 Å². The van der Waals surface area contributed by atoms with E-state index in [4.69, 9.17) is 0 Å². The van der Waals surface area contributed by atoms with Crippen LogP contribution in [0.1, 0.15) is 157 Å². The highest BCUT2D eigenvalue weighted by Gasteiger charge is 2.85. The van der Waals surface area contributed by atoms with Crippen LogP contribution >= 0.6 is 0 Å². The molecule has 5 aliphatic carbocycles. The second kappa shape index (κ2) is 15.6. The van der Waals surface area contributed by atoms with E-state index in [1.54, 1.807) is 4.90 Å². The summed E-state index contributed by atoms with van der Waals surface area (Å²) in [5, 5.41) is 12.1. The molecule has 7 aliphatic rings. The molecule has 7 fully saturated rings. The molecule has 0 bridgehead atoms. The summed E-state index contributed by atoms with van der Waals surface area (Å²) in [6.07, 6.45) is 16.3. The van der Waals surface area contributed by atoms with Gasteiger partial charge in [-0.25, -0.2) is 0 Å². The van der Waals surface area contributed by atoms with Crippen molar-refractivity contribution in [1.29, 1.82) is 0 Å². The first kappa shape index (κ1) is 41.2. The molecule has 4 N–H and O–H groups in total. The minimum absolute atomic E-state index is 0.0169. The van der Waals surface area contributed by atoms with Gasteiger partial charge >= 0.3 is 0 Å². The van der Waals surface area contributed by atoms with E-state index in [9.17, 15) is 24.0 Å². The number of nitrogens with zero attached hydrogens (tertiary/aromatic N) is 2. The van der Waals surface area contributed by atoms with E-state index < -0.39 is 47.2 Å². The molecule has 56 heavy (non-hydrogen) atoms. The smallest absolute Gasteiger partial charge is 0.289 e. The highest BCUT2D eigenvalue weighted by molar-refractivity contribution is 6.38. The van der Waals surface area contributed by atoms with Gasteiger partial charge in [-0.2, -0.15) is 0 Å². The molecule has 6 atom stereocenters. The zero-order chi connectivity index (χ0) is 40.2. The van der Waals surface area contributed by atoms with Gasteiger partial charge < -0.3 is 26.2 Å². The lowest BCUT2D eigenvalue weighted by Gasteiger charge is -2.40. The van der Waals surface area contributed by atoms with Gasteiger partial charge in [-0.15, -0.1) is 0 Å². The highest BCUT2D eigenvalue weighted by atomic mass is 16.2. The van der Waals surface area contributed by atoms with E-state index in [0.717, 1.165) is 96.4 Å². The molecule has 0 aromatic rings. The van der Waals surface area contributed by atoms with Gasteiger partial charge in [0.15, 0.2) is 0 Å². The number of amides is 5. The summed E-state index contributed by atoms with van der Waals surface area (Å²) < 4.78 is 0. The summed E-state index contributed by atoms with van der Waals surface area (Å²) in [4.78, 5) is 88.5.